The third kappa shape index (κ3) is 4.52. The second-order valence-electron chi connectivity index (χ2n) is 8.56. The summed E-state index contributed by atoms with van der Waals surface area (Å²) in [6.45, 7) is 5.85. The van der Waals surface area contributed by atoms with Gasteiger partial charge in [-0.25, -0.2) is 0 Å². The van der Waals surface area contributed by atoms with Crippen LogP contribution in [0.2, 0.25) is 0 Å². The molecule has 0 radical (unpaired) electrons. The molecule has 5 heteroatoms. The van der Waals surface area contributed by atoms with Gasteiger partial charge in [0.15, 0.2) is 0 Å². The van der Waals surface area contributed by atoms with E-state index in [0.29, 0.717) is 23.6 Å². The van der Waals surface area contributed by atoms with Crippen molar-refractivity contribution < 1.29 is 14.3 Å². The third-order valence-electron chi connectivity index (χ3n) is 6.72. The van der Waals surface area contributed by atoms with Gasteiger partial charge < -0.3 is 9.64 Å². The molecule has 1 fully saturated rings. The van der Waals surface area contributed by atoms with Gasteiger partial charge >= 0.3 is 0 Å². The van der Waals surface area contributed by atoms with E-state index in [-0.39, 0.29) is 11.8 Å². The van der Waals surface area contributed by atoms with Crippen LogP contribution >= 0.6 is 0 Å². The molecule has 2 aromatic carbocycles. The van der Waals surface area contributed by atoms with Crippen molar-refractivity contribution in [2.45, 2.75) is 44.9 Å². The lowest BCUT2D eigenvalue weighted by molar-refractivity contribution is 0.0649. The van der Waals surface area contributed by atoms with E-state index < -0.39 is 0 Å². The second-order valence-corrected chi connectivity index (χ2v) is 8.56. The number of hydrogen-bond acceptors (Lipinski definition) is 4. The zero-order valence-electron chi connectivity index (χ0n) is 18.6. The number of unbranched alkanes of at least 4 members (excludes halogenated alkanes) is 1. The van der Waals surface area contributed by atoms with Crippen molar-refractivity contribution >= 4 is 11.8 Å². The standard InChI is InChI=1S/C26H32N2O3/c1-3-19-10-11-21(24(18-19)31-2)20-12-16-27(17-13-20)14-6-7-15-28-25(29)22-8-4-5-9-23(22)26(28)30/h4-5,8-11,18,20H,3,6-7,12-17H2,1-2H3. The van der Waals surface area contributed by atoms with Gasteiger partial charge in [0, 0.05) is 6.54 Å². The Morgan fingerprint density at radius 1 is 0.935 bits per heavy atom. The number of ether oxygens (including phenoxy) is 1. The van der Waals surface area contributed by atoms with Crippen LogP contribution in [-0.4, -0.2) is 54.9 Å². The highest BCUT2D eigenvalue weighted by Crippen LogP contribution is 2.35. The molecule has 0 N–H and O–H groups in total. The molecule has 2 amide bonds. The molecule has 0 spiro atoms. The number of aryl methyl sites for hydroxylation is 1. The molecule has 0 bridgehead atoms. The van der Waals surface area contributed by atoms with E-state index in [0.717, 1.165) is 57.5 Å². The Bertz CT molecular complexity index is 912. The monoisotopic (exact) mass is 420 g/mol. The van der Waals surface area contributed by atoms with Crippen LogP contribution in [0.3, 0.4) is 0 Å². The molecule has 164 valence electrons. The first-order valence-corrected chi connectivity index (χ1v) is 11.5. The maximum atomic E-state index is 12.5. The summed E-state index contributed by atoms with van der Waals surface area (Å²) in [5.74, 6) is 1.28. The first-order valence-electron chi connectivity index (χ1n) is 11.5. The number of carbonyl (C=O) groups excluding carboxylic acids is 2. The summed E-state index contributed by atoms with van der Waals surface area (Å²) in [7, 11) is 1.77. The predicted octanol–water partition coefficient (Wildman–Crippen LogP) is 4.51. The Morgan fingerprint density at radius 2 is 1.58 bits per heavy atom. The molecular formula is C26H32N2O3. The highest BCUT2D eigenvalue weighted by molar-refractivity contribution is 6.21. The number of amides is 2. The molecule has 2 aliphatic heterocycles. The molecule has 5 nitrogen and oxygen atoms in total. The molecule has 2 heterocycles. The number of hydrogen-bond donors (Lipinski definition) is 0. The van der Waals surface area contributed by atoms with Crippen molar-refractivity contribution in [3.05, 3.63) is 64.7 Å². The molecule has 0 unspecified atom stereocenters. The lowest BCUT2D eigenvalue weighted by atomic mass is 9.88. The summed E-state index contributed by atoms with van der Waals surface area (Å²) in [5, 5.41) is 0. The molecule has 1 saturated heterocycles. The lowest BCUT2D eigenvalue weighted by Crippen LogP contribution is -2.35. The van der Waals surface area contributed by atoms with Crippen LogP contribution in [0.15, 0.2) is 42.5 Å². The summed E-state index contributed by atoms with van der Waals surface area (Å²) in [6, 6.07) is 13.8. The van der Waals surface area contributed by atoms with Gasteiger partial charge in [-0.15, -0.1) is 0 Å². The maximum Gasteiger partial charge on any atom is 0.261 e. The second kappa shape index (κ2) is 9.65. The Hall–Kier alpha value is -2.66. The van der Waals surface area contributed by atoms with Crippen LogP contribution in [0, 0.1) is 0 Å². The Labute approximate surface area is 185 Å². The highest BCUT2D eigenvalue weighted by Gasteiger charge is 2.34. The molecule has 0 aliphatic carbocycles. The van der Waals surface area contributed by atoms with Crippen LogP contribution in [0.1, 0.15) is 70.4 Å². The average molecular weight is 421 g/mol. The van der Waals surface area contributed by atoms with Gasteiger partial charge in [0.05, 0.1) is 18.2 Å². The van der Waals surface area contributed by atoms with E-state index in [2.05, 4.69) is 30.0 Å². The van der Waals surface area contributed by atoms with Gasteiger partial charge in [-0.05, 0) is 87.0 Å². The number of nitrogens with zero attached hydrogens (tertiary/aromatic N) is 2. The van der Waals surface area contributed by atoms with Crippen molar-refractivity contribution in [1.82, 2.24) is 9.80 Å². The predicted molar refractivity (Wildman–Crippen MR) is 122 cm³/mol. The molecule has 0 aromatic heterocycles. The number of methoxy groups -OCH3 is 1. The number of piperidine rings is 1. The number of likely N-dealkylation sites (tertiary alicyclic amines) is 1. The van der Waals surface area contributed by atoms with Gasteiger partial charge in [-0.2, -0.15) is 0 Å². The molecule has 2 aliphatic rings. The average Bonchev–Trinajstić information content (AvgIpc) is 3.06. The molecule has 0 atom stereocenters. The van der Waals surface area contributed by atoms with E-state index in [9.17, 15) is 9.59 Å². The highest BCUT2D eigenvalue weighted by atomic mass is 16.5. The SMILES string of the molecule is CCc1ccc(C2CCN(CCCCN3C(=O)c4ccccc4C3=O)CC2)c(OC)c1. The molecule has 31 heavy (non-hydrogen) atoms. The number of carbonyl (C=O) groups is 2. The summed E-state index contributed by atoms with van der Waals surface area (Å²) >= 11 is 0. The van der Waals surface area contributed by atoms with E-state index in [1.165, 1.54) is 16.0 Å². The Morgan fingerprint density at radius 3 is 2.19 bits per heavy atom. The maximum absolute atomic E-state index is 12.5. The third-order valence-corrected chi connectivity index (χ3v) is 6.72. The summed E-state index contributed by atoms with van der Waals surface area (Å²) < 4.78 is 5.66. The lowest BCUT2D eigenvalue weighted by Gasteiger charge is -2.33. The Balaban J connectivity index is 1.22. The number of benzene rings is 2. The van der Waals surface area contributed by atoms with Crippen molar-refractivity contribution in [3.63, 3.8) is 0 Å². The van der Waals surface area contributed by atoms with Crippen LogP contribution < -0.4 is 4.74 Å². The van der Waals surface area contributed by atoms with Crippen LogP contribution in [0.4, 0.5) is 0 Å². The van der Waals surface area contributed by atoms with Crippen molar-refractivity contribution in [2.24, 2.45) is 0 Å². The smallest absolute Gasteiger partial charge is 0.261 e. The minimum atomic E-state index is -0.149. The quantitative estimate of drug-likeness (QED) is 0.466. The van der Waals surface area contributed by atoms with Gasteiger partial charge in [0.2, 0.25) is 0 Å². The van der Waals surface area contributed by atoms with E-state index in [1.807, 2.05) is 12.1 Å². The summed E-state index contributed by atoms with van der Waals surface area (Å²) in [5.41, 5.74) is 3.73. The number of fused-ring (bicyclic) bond motifs is 1. The fraction of sp³-hybridized carbons (Fsp3) is 0.462. The molecule has 4 rings (SSSR count). The normalized spacial score (nSPS) is 17.3. The minimum Gasteiger partial charge on any atom is -0.496 e. The number of rotatable bonds is 8. The van der Waals surface area contributed by atoms with Crippen molar-refractivity contribution in [2.75, 3.05) is 33.3 Å². The fourth-order valence-electron chi connectivity index (χ4n) is 4.83. The van der Waals surface area contributed by atoms with Gasteiger partial charge in [-0.1, -0.05) is 31.2 Å². The van der Waals surface area contributed by atoms with Crippen molar-refractivity contribution in [1.29, 1.82) is 0 Å². The minimum absolute atomic E-state index is 0.149. The molecular weight excluding hydrogens is 388 g/mol. The van der Waals surface area contributed by atoms with E-state index in [4.69, 9.17) is 4.74 Å². The molecule has 0 saturated carbocycles. The first-order chi connectivity index (χ1) is 15.1. The topological polar surface area (TPSA) is 49.9 Å². The zero-order chi connectivity index (χ0) is 21.8. The molecule has 2 aromatic rings. The van der Waals surface area contributed by atoms with Gasteiger partial charge in [0.25, 0.3) is 11.8 Å². The first kappa shape index (κ1) is 21.6. The van der Waals surface area contributed by atoms with Gasteiger partial charge in [0.1, 0.15) is 5.75 Å². The van der Waals surface area contributed by atoms with Crippen LogP contribution in [0.5, 0.6) is 5.75 Å². The van der Waals surface area contributed by atoms with E-state index in [1.54, 1.807) is 19.2 Å². The largest absolute Gasteiger partial charge is 0.496 e. The van der Waals surface area contributed by atoms with Crippen molar-refractivity contribution in [3.8, 4) is 5.75 Å². The summed E-state index contributed by atoms with van der Waals surface area (Å²) in [4.78, 5) is 28.8. The van der Waals surface area contributed by atoms with Crippen LogP contribution in [-0.2, 0) is 6.42 Å². The van der Waals surface area contributed by atoms with Gasteiger partial charge in [-0.3, -0.25) is 14.5 Å². The summed E-state index contributed by atoms with van der Waals surface area (Å²) in [6.07, 6.45) is 5.14. The van der Waals surface area contributed by atoms with Crippen LogP contribution in [0.25, 0.3) is 0 Å². The number of imide groups is 1. The zero-order valence-corrected chi connectivity index (χ0v) is 18.6. The van der Waals surface area contributed by atoms with E-state index >= 15 is 0 Å². The Kier molecular flexibility index (Phi) is 6.71. The fourth-order valence-corrected chi connectivity index (χ4v) is 4.83.